The van der Waals surface area contributed by atoms with Crippen molar-refractivity contribution in [2.24, 2.45) is 0 Å². The molecular weight excluding hydrogens is 290 g/mol. The second-order valence-corrected chi connectivity index (χ2v) is 6.12. The molecule has 3 heterocycles. The number of fused-ring (bicyclic) bond motifs is 1. The van der Waals surface area contributed by atoms with E-state index in [9.17, 15) is 9.59 Å². The normalized spacial score (nSPS) is 19.8. The summed E-state index contributed by atoms with van der Waals surface area (Å²) in [5, 5.41) is 5.27. The van der Waals surface area contributed by atoms with E-state index in [2.05, 4.69) is 10.3 Å². The lowest BCUT2D eigenvalue weighted by atomic mass is 10.1. The Morgan fingerprint density at radius 1 is 1.67 bits per heavy atom. The van der Waals surface area contributed by atoms with Crippen molar-refractivity contribution in [1.82, 2.24) is 14.9 Å². The number of rotatable bonds is 4. The van der Waals surface area contributed by atoms with E-state index in [1.807, 2.05) is 12.3 Å². The number of nitrogens with zero attached hydrogens (tertiary/aromatic N) is 2. The SMILES string of the molecule is CC(NC(=O)Cn1cnc2sccc2c1=O)C1CCCO1. The topological polar surface area (TPSA) is 73.2 Å². The molecule has 0 spiro atoms. The van der Waals surface area contributed by atoms with Gasteiger partial charge >= 0.3 is 0 Å². The van der Waals surface area contributed by atoms with E-state index < -0.39 is 0 Å². The highest BCUT2D eigenvalue weighted by molar-refractivity contribution is 7.16. The van der Waals surface area contributed by atoms with Crippen LogP contribution in [-0.2, 0) is 16.1 Å². The maximum atomic E-state index is 12.2. The van der Waals surface area contributed by atoms with Gasteiger partial charge < -0.3 is 10.1 Å². The predicted molar refractivity (Wildman–Crippen MR) is 80.5 cm³/mol. The molecule has 6 nitrogen and oxygen atoms in total. The van der Waals surface area contributed by atoms with Gasteiger partial charge in [-0.2, -0.15) is 0 Å². The zero-order chi connectivity index (χ0) is 14.8. The van der Waals surface area contributed by atoms with E-state index in [0.29, 0.717) is 10.2 Å². The van der Waals surface area contributed by atoms with E-state index in [0.717, 1.165) is 19.4 Å². The number of thiophene rings is 1. The largest absolute Gasteiger partial charge is 0.376 e. The van der Waals surface area contributed by atoms with Crippen molar-refractivity contribution in [2.45, 2.75) is 38.5 Å². The van der Waals surface area contributed by atoms with E-state index >= 15 is 0 Å². The fourth-order valence-corrected chi connectivity index (χ4v) is 3.27. The maximum Gasteiger partial charge on any atom is 0.262 e. The zero-order valence-electron chi connectivity index (χ0n) is 11.7. The fourth-order valence-electron chi connectivity index (χ4n) is 2.55. The van der Waals surface area contributed by atoms with Gasteiger partial charge in [-0.25, -0.2) is 4.98 Å². The van der Waals surface area contributed by atoms with Crippen LogP contribution in [0.25, 0.3) is 10.2 Å². The number of amides is 1. The second-order valence-electron chi connectivity index (χ2n) is 5.22. The highest BCUT2D eigenvalue weighted by Crippen LogP contribution is 2.15. The summed E-state index contributed by atoms with van der Waals surface area (Å²) in [6.45, 7) is 2.66. The number of carbonyl (C=O) groups excluding carboxylic acids is 1. The molecule has 0 saturated carbocycles. The average molecular weight is 307 g/mol. The Labute approximate surface area is 125 Å². The zero-order valence-corrected chi connectivity index (χ0v) is 12.6. The minimum Gasteiger partial charge on any atom is -0.376 e. The molecule has 1 aliphatic heterocycles. The summed E-state index contributed by atoms with van der Waals surface area (Å²) in [6, 6.07) is 1.69. The van der Waals surface area contributed by atoms with Gasteiger partial charge in [-0.15, -0.1) is 11.3 Å². The minimum atomic E-state index is -0.198. The Morgan fingerprint density at radius 3 is 3.29 bits per heavy atom. The Kier molecular flexibility index (Phi) is 4.03. The van der Waals surface area contributed by atoms with Gasteiger partial charge in [0.05, 0.1) is 23.9 Å². The lowest BCUT2D eigenvalue weighted by molar-refractivity contribution is -0.123. The first-order valence-corrected chi connectivity index (χ1v) is 7.87. The van der Waals surface area contributed by atoms with E-state index in [4.69, 9.17) is 4.74 Å². The van der Waals surface area contributed by atoms with Crippen molar-refractivity contribution in [3.05, 3.63) is 28.1 Å². The molecule has 1 fully saturated rings. The summed E-state index contributed by atoms with van der Waals surface area (Å²) in [6.07, 6.45) is 3.49. The first kappa shape index (κ1) is 14.2. The van der Waals surface area contributed by atoms with Crippen molar-refractivity contribution in [3.63, 3.8) is 0 Å². The Bertz CT molecular complexity index is 703. The molecule has 7 heteroatoms. The lowest BCUT2D eigenvalue weighted by Crippen LogP contribution is -2.43. The third-order valence-electron chi connectivity index (χ3n) is 3.68. The molecular formula is C14H17N3O3S. The van der Waals surface area contributed by atoms with Crippen LogP contribution in [0.2, 0.25) is 0 Å². The molecule has 0 bridgehead atoms. The number of hydrogen-bond acceptors (Lipinski definition) is 5. The van der Waals surface area contributed by atoms with Gasteiger partial charge in [0.15, 0.2) is 0 Å². The van der Waals surface area contributed by atoms with Crippen molar-refractivity contribution >= 4 is 27.5 Å². The molecule has 0 aromatic carbocycles. The molecule has 1 saturated heterocycles. The molecule has 2 unspecified atom stereocenters. The highest BCUT2D eigenvalue weighted by Gasteiger charge is 2.23. The van der Waals surface area contributed by atoms with Gasteiger partial charge in [0.25, 0.3) is 5.56 Å². The minimum absolute atomic E-state index is 0.0192. The number of carbonyl (C=O) groups is 1. The van der Waals surface area contributed by atoms with Crippen molar-refractivity contribution in [1.29, 1.82) is 0 Å². The predicted octanol–water partition coefficient (Wildman–Crippen LogP) is 1.14. The Morgan fingerprint density at radius 2 is 2.52 bits per heavy atom. The first-order chi connectivity index (χ1) is 10.1. The number of aromatic nitrogens is 2. The van der Waals surface area contributed by atoms with E-state index in [1.165, 1.54) is 22.2 Å². The van der Waals surface area contributed by atoms with Crippen LogP contribution in [0, 0.1) is 0 Å². The highest BCUT2D eigenvalue weighted by atomic mass is 32.1. The Hall–Kier alpha value is -1.73. The summed E-state index contributed by atoms with van der Waals surface area (Å²) in [5.74, 6) is -0.198. The second kappa shape index (κ2) is 5.95. The van der Waals surface area contributed by atoms with Crippen LogP contribution in [0.4, 0.5) is 0 Å². The van der Waals surface area contributed by atoms with Crippen molar-refractivity contribution in [2.75, 3.05) is 6.61 Å². The van der Waals surface area contributed by atoms with Crippen LogP contribution in [0.5, 0.6) is 0 Å². The fraction of sp³-hybridized carbons (Fsp3) is 0.500. The number of ether oxygens (including phenoxy) is 1. The quantitative estimate of drug-likeness (QED) is 0.919. The van der Waals surface area contributed by atoms with Gasteiger partial charge in [0, 0.05) is 6.61 Å². The van der Waals surface area contributed by atoms with Gasteiger partial charge in [-0.1, -0.05) is 0 Å². The van der Waals surface area contributed by atoms with E-state index in [-0.39, 0.29) is 30.2 Å². The molecule has 21 heavy (non-hydrogen) atoms. The van der Waals surface area contributed by atoms with Crippen LogP contribution in [0.15, 0.2) is 22.6 Å². The van der Waals surface area contributed by atoms with Crippen LogP contribution in [0.1, 0.15) is 19.8 Å². The Balaban J connectivity index is 1.68. The summed E-state index contributed by atoms with van der Waals surface area (Å²) in [7, 11) is 0. The van der Waals surface area contributed by atoms with Crippen LogP contribution in [0.3, 0.4) is 0 Å². The lowest BCUT2D eigenvalue weighted by Gasteiger charge is -2.20. The van der Waals surface area contributed by atoms with Gasteiger partial charge in [-0.05, 0) is 31.2 Å². The van der Waals surface area contributed by atoms with E-state index in [1.54, 1.807) is 6.07 Å². The standard InChI is InChI=1S/C14H17N3O3S/c1-9(11-3-2-5-20-11)16-12(18)7-17-8-15-13-10(14(17)19)4-6-21-13/h4,6,8-9,11H,2-3,5,7H2,1H3,(H,16,18). The van der Waals surface area contributed by atoms with Crippen LogP contribution >= 0.6 is 11.3 Å². The van der Waals surface area contributed by atoms with Crippen LogP contribution < -0.4 is 10.9 Å². The summed E-state index contributed by atoms with van der Waals surface area (Å²) < 4.78 is 6.88. The summed E-state index contributed by atoms with van der Waals surface area (Å²) in [5.41, 5.74) is -0.179. The molecule has 1 N–H and O–H groups in total. The molecule has 112 valence electrons. The molecule has 2 atom stereocenters. The van der Waals surface area contributed by atoms with Gasteiger partial charge in [-0.3, -0.25) is 14.2 Å². The molecule has 1 amide bonds. The molecule has 2 aromatic heterocycles. The van der Waals surface area contributed by atoms with Crippen molar-refractivity contribution < 1.29 is 9.53 Å². The average Bonchev–Trinajstić information content (AvgIpc) is 3.12. The van der Waals surface area contributed by atoms with Gasteiger partial charge in [0.2, 0.25) is 5.91 Å². The first-order valence-electron chi connectivity index (χ1n) is 6.99. The molecule has 0 radical (unpaired) electrons. The molecule has 2 aromatic rings. The molecule has 1 aliphatic rings. The molecule has 3 rings (SSSR count). The van der Waals surface area contributed by atoms with Crippen LogP contribution in [-0.4, -0.2) is 34.2 Å². The molecule has 0 aliphatic carbocycles. The third-order valence-corrected chi connectivity index (χ3v) is 4.50. The number of nitrogens with one attached hydrogen (secondary N) is 1. The van der Waals surface area contributed by atoms with Crippen molar-refractivity contribution in [3.8, 4) is 0 Å². The number of hydrogen-bond donors (Lipinski definition) is 1. The smallest absolute Gasteiger partial charge is 0.262 e. The summed E-state index contributed by atoms with van der Waals surface area (Å²) in [4.78, 5) is 29.1. The monoisotopic (exact) mass is 307 g/mol. The summed E-state index contributed by atoms with van der Waals surface area (Å²) >= 11 is 1.42. The third kappa shape index (κ3) is 2.98. The van der Waals surface area contributed by atoms with Gasteiger partial charge in [0.1, 0.15) is 11.4 Å². The maximum absolute atomic E-state index is 12.2.